The standard InChI is InChI=1S/C57H35N5O/c1-3-11-36(12-4-1)37-25-29-42(30-26-37)56-60-55(41-13-5-2-6-14-41)61-57(62-56)43-31-27-39(28-32-43)38-21-23-40(24-22-38)44-15-9-16-45(33-44)46-18-10-19-49-54(46)59-50-34-48-47-17-7-8-20-52(47)63-53(48)35-51(50)58-49/h1-35H. The molecule has 0 saturated heterocycles. The van der Waals surface area contributed by atoms with Crippen LogP contribution in [0.3, 0.4) is 0 Å². The van der Waals surface area contributed by atoms with E-state index < -0.39 is 0 Å². The summed E-state index contributed by atoms with van der Waals surface area (Å²) in [6, 6.07) is 73.1. The molecule has 0 N–H and O–H groups in total. The molecule has 6 heteroatoms. The van der Waals surface area contributed by atoms with Gasteiger partial charge in [-0.1, -0.05) is 182 Å². The van der Waals surface area contributed by atoms with Crippen LogP contribution in [0.5, 0.6) is 0 Å². The number of benzene rings is 9. The van der Waals surface area contributed by atoms with Gasteiger partial charge in [-0.15, -0.1) is 0 Å². The van der Waals surface area contributed by atoms with Gasteiger partial charge < -0.3 is 4.42 Å². The van der Waals surface area contributed by atoms with E-state index >= 15 is 0 Å². The fourth-order valence-corrected chi connectivity index (χ4v) is 8.48. The van der Waals surface area contributed by atoms with Crippen LogP contribution in [0.1, 0.15) is 0 Å². The van der Waals surface area contributed by atoms with Gasteiger partial charge in [-0.25, -0.2) is 24.9 Å². The van der Waals surface area contributed by atoms with Crippen LogP contribution in [0.25, 0.3) is 123 Å². The van der Waals surface area contributed by atoms with Gasteiger partial charge in [0.1, 0.15) is 11.2 Å². The van der Waals surface area contributed by atoms with Gasteiger partial charge in [-0.2, -0.15) is 0 Å². The molecule has 0 atom stereocenters. The SMILES string of the molecule is c1ccc(-c2ccc(-c3nc(-c4ccccc4)nc(-c4ccc(-c5ccc(-c6cccc(-c7cccc8nc9cc%10oc%11ccccc%11c%10cc9nc78)c6)cc5)cc4)n3)cc2)cc1. The van der Waals surface area contributed by atoms with E-state index in [-0.39, 0.29) is 0 Å². The Balaban J connectivity index is 0.832. The van der Waals surface area contributed by atoms with Crippen molar-refractivity contribution in [1.82, 2.24) is 24.9 Å². The van der Waals surface area contributed by atoms with Gasteiger partial charge in [0.25, 0.3) is 0 Å². The van der Waals surface area contributed by atoms with E-state index in [0.29, 0.717) is 17.5 Å². The minimum atomic E-state index is 0.627. The summed E-state index contributed by atoms with van der Waals surface area (Å²) in [5.74, 6) is 1.90. The molecule has 12 rings (SSSR count). The fraction of sp³-hybridized carbons (Fsp3) is 0. The number of fused-ring (bicyclic) bond motifs is 5. The van der Waals surface area contributed by atoms with Crippen LogP contribution in [0.15, 0.2) is 217 Å². The van der Waals surface area contributed by atoms with Crippen molar-refractivity contribution in [1.29, 1.82) is 0 Å². The molecule has 0 unspecified atom stereocenters. The van der Waals surface area contributed by atoms with E-state index in [1.54, 1.807) is 0 Å². The Morgan fingerprint density at radius 3 is 1.35 bits per heavy atom. The Hall–Kier alpha value is -8.61. The molecule has 294 valence electrons. The summed E-state index contributed by atoms with van der Waals surface area (Å²) in [5, 5.41) is 2.12. The van der Waals surface area contributed by atoms with Crippen LogP contribution < -0.4 is 0 Å². The molecule has 0 fully saturated rings. The van der Waals surface area contributed by atoms with Crippen molar-refractivity contribution >= 4 is 44.0 Å². The fourth-order valence-electron chi connectivity index (χ4n) is 8.48. The summed E-state index contributed by atoms with van der Waals surface area (Å²) in [6.45, 7) is 0. The maximum Gasteiger partial charge on any atom is 0.164 e. The minimum absolute atomic E-state index is 0.627. The van der Waals surface area contributed by atoms with E-state index in [4.69, 9.17) is 29.3 Å². The van der Waals surface area contributed by atoms with Gasteiger partial charge in [0.15, 0.2) is 17.5 Å². The van der Waals surface area contributed by atoms with Crippen molar-refractivity contribution in [2.24, 2.45) is 0 Å². The van der Waals surface area contributed by atoms with E-state index in [1.165, 1.54) is 5.56 Å². The van der Waals surface area contributed by atoms with Crippen LogP contribution in [-0.2, 0) is 0 Å². The second-order valence-electron chi connectivity index (χ2n) is 15.7. The lowest BCUT2D eigenvalue weighted by atomic mass is 9.96. The second-order valence-corrected chi connectivity index (χ2v) is 15.7. The van der Waals surface area contributed by atoms with Gasteiger partial charge in [0.2, 0.25) is 0 Å². The van der Waals surface area contributed by atoms with Crippen molar-refractivity contribution in [2.45, 2.75) is 0 Å². The van der Waals surface area contributed by atoms with Gasteiger partial charge in [0, 0.05) is 39.1 Å². The molecule has 63 heavy (non-hydrogen) atoms. The van der Waals surface area contributed by atoms with E-state index in [9.17, 15) is 0 Å². The van der Waals surface area contributed by atoms with Gasteiger partial charge in [-0.3, -0.25) is 0 Å². The first-order chi connectivity index (χ1) is 31.2. The van der Waals surface area contributed by atoms with Crippen molar-refractivity contribution < 1.29 is 4.42 Å². The second kappa shape index (κ2) is 15.1. The topological polar surface area (TPSA) is 77.6 Å². The maximum absolute atomic E-state index is 6.15. The predicted octanol–water partition coefficient (Wildman–Crippen LogP) is 14.5. The Bertz CT molecular complexity index is 3640. The van der Waals surface area contributed by atoms with Crippen molar-refractivity contribution in [3.05, 3.63) is 212 Å². The first-order valence-electron chi connectivity index (χ1n) is 21.0. The van der Waals surface area contributed by atoms with Crippen LogP contribution in [-0.4, -0.2) is 24.9 Å². The zero-order valence-corrected chi connectivity index (χ0v) is 33.9. The number of rotatable bonds is 7. The molecule has 12 aromatic rings. The Labute approximate surface area is 362 Å². The molecule has 0 aliphatic rings. The largest absolute Gasteiger partial charge is 0.456 e. The lowest BCUT2D eigenvalue weighted by Gasteiger charge is -2.11. The molecule has 0 bridgehead atoms. The highest BCUT2D eigenvalue weighted by Gasteiger charge is 2.15. The molecule has 0 amide bonds. The molecule has 6 nitrogen and oxygen atoms in total. The maximum atomic E-state index is 6.15. The van der Waals surface area contributed by atoms with Crippen LogP contribution in [0.2, 0.25) is 0 Å². The average Bonchev–Trinajstić information content (AvgIpc) is 3.72. The van der Waals surface area contributed by atoms with Crippen LogP contribution in [0.4, 0.5) is 0 Å². The van der Waals surface area contributed by atoms with Crippen molar-refractivity contribution in [3.63, 3.8) is 0 Å². The monoisotopic (exact) mass is 805 g/mol. The number of aromatic nitrogens is 5. The first-order valence-corrected chi connectivity index (χ1v) is 21.0. The molecule has 0 aliphatic carbocycles. The average molecular weight is 806 g/mol. The number of hydrogen-bond acceptors (Lipinski definition) is 6. The number of nitrogens with zero attached hydrogens (tertiary/aromatic N) is 5. The highest BCUT2D eigenvalue weighted by Crippen LogP contribution is 2.36. The molecule has 0 aliphatic heterocycles. The Morgan fingerprint density at radius 2 is 0.714 bits per heavy atom. The van der Waals surface area contributed by atoms with E-state index in [2.05, 4.69) is 146 Å². The normalized spacial score (nSPS) is 11.5. The summed E-state index contributed by atoms with van der Waals surface area (Å²) in [4.78, 5) is 25.1. The first kappa shape index (κ1) is 36.3. The molecule has 0 saturated carbocycles. The lowest BCUT2D eigenvalue weighted by molar-refractivity contribution is 0.669. The minimum Gasteiger partial charge on any atom is -0.456 e. The summed E-state index contributed by atoms with van der Waals surface area (Å²) in [5.41, 5.74) is 16.8. The van der Waals surface area contributed by atoms with Gasteiger partial charge >= 0.3 is 0 Å². The third kappa shape index (κ3) is 6.76. The third-order valence-electron chi connectivity index (χ3n) is 11.7. The number of hydrogen-bond donors (Lipinski definition) is 0. The molecular weight excluding hydrogens is 771 g/mol. The summed E-state index contributed by atoms with van der Waals surface area (Å²) in [7, 11) is 0. The quantitative estimate of drug-likeness (QED) is 0.149. The Kier molecular flexibility index (Phi) is 8.71. The lowest BCUT2D eigenvalue weighted by Crippen LogP contribution is -2.00. The zero-order valence-electron chi connectivity index (χ0n) is 33.9. The van der Waals surface area contributed by atoms with Crippen molar-refractivity contribution in [3.8, 4) is 78.7 Å². The van der Waals surface area contributed by atoms with Crippen LogP contribution >= 0.6 is 0 Å². The summed E-state index contributed by atoms with van der Waals surface area (Å²) in [6.07, 6.45) is 0. The van der Waals surface area contributed by atoms with E-state index in [0.717, 1.165) is 99.6 Å². The van der Waals surface area contributed by atoms with Crippen molar-refractivity contribution in [2.75, 3.05) is 0 Å². The number of furan rings is 1. The highest BCUT2D eigenvalue weighted by molar-refractivity contribution is 6.10. The van der Waals surface area contributed by atoms with Gasteiger partial charge in [0.05, 0.1) is 22.1 Å². The predicted molar refractivity (Wildman–Crippen MR) is 256 cm³/mol. The molecular formula is C57H35N5O. The highest BCUT2D eigenvalue weighted by atomic mass is 16.3. The molecule has 9 aromatic carbocycles. The number of para-hydroxylation sites is 2. The smallest absolute Gasteiger partial charge is 0.164 e. The third-order valence-corrected chi connectivity index (χ3v) is 11.7. The molecule has 0 spiro atoms. The molecule has 3 heterocycles. The van der Waals surface area contributed by atoms with E-state index in [1.807, 2.05) is 66.7 Å². The zero-order chi connectivity index (χ0) is 41.7. The molecule has 3 aromatic heterocycles. The summed E-state index contributed by atoms with van der Waals surface area (Å²) < 4.78 is 6.15. The van der Waals surface area contributed by atoms with Crippen LogP contribution in [0, 0.1) is 0 Å². The Morgan fingerprint density at radius 1 is 0.254 bits per heavy atom. The molecule has 0 radical (unpaired) electrons. The summed E-state index contributed by atoms with van der Waals surface area (Å²) >= 11 is 0. The van der Waals surface area contributed by atoms with Gasteiger partial charge in [-0.05, 0) is 63.2 Å².